The number of nitro benzene ring substituents is 1. The van der Waals surface area contributed by atoms with Crippen molar-refractivity contribution in [1.29, 1.82) is 0 Å². The fourth-order valence-corrected chi connectivity index (χ4v) is 3.21. The monoisotopic (exact) mass is 367 g/mol. The van der Waals surface area contributed by atoms with Gasteiger partial charge in [-0.3, -0.25) is 14.9 Å². The van der Waals surface area contributed by atoms with Crippen LogP contribution in [0.25, 0.3) is 0 Å². The summed E-state index contributed by atoms with van der Waals surface area (Å²) >= 11 is 1.56. The molecular weight excluding hydrogens is 350 g/mol. The Morgan fingerprint density at radius 2 is 1.96 bits per heavy atom. The molecule has 2 aromatic carbocycles. The van der Waals surface area contributed by atoms with Gasteiger partial charge in [0.15, 0.2) is 0 Å². The van der Waals surface area contributed by atoms with E-state index in [1.54, 1.807) is 35.4 Å². The van der Waals surface area contributed by atoms with Crippen LogP contribution >= 0.6 is 11.3 Å². The van der Waals surface area contributed by atoms with Gasteiger partial charge in [-0.05, 0) is 46.7 Å². The number of carbonyl (C=O) groups is 1. The molecule has 0 saturated heterocycles. The minimum Gasteiger partial charge on any atom is -0.350 e. The van der Waals surface area contributed by atoms with E-state index in [0.717, 1.165) is 11.3 Å². The Morgan fingerprint density at radius 1 is 1.19 bits per heavy atom. The zero-order valence-corrected chi connectivity index (χ0v) is 14.9. The van der Waals surface area contributed by atoms with Crippen LogP contribution < -0.4 is 5.32 Å². The van der Waals surface area contributed by atoms with Crippen LogP contribution in [0.15, 0.2) is 65.4 Å². The van der Waals surface area contributed by atoms with Crippen molar-refractivity contribution >= 4 is 34.3 Å². The molecule has 1 N–H and O–H groups in total. The van der Waals surface area contributed by atoms with Crippen molar-refractivity contribution in [3.63, 3.8) is 0 Å². The lowest BCUT2D eigenvalue weighted by atomic mass is 10.1. The number of amides is 1. The largest absolute Gasteiger partial charge is 0.350 e. The number of nitrogens with zero attached hydrogens (tertiary/aromatic N) is 2. The number of hydrogen-bond donors (Lipinski definition) is 1. The third-order valence-corrected chi connectivity index (χ3v) is 4.57. The van der Waals surface area contributed by atoms with E-state index in [9.17, 15) is 14.9 Å². The highest BCUT2D eigenvalue weighted by Gasteiger charge is 2.20. The number of carbonyl (C=O) groups excluding carboxylic acids is 1. The van der Waals surface area contributed by atoms with E-state index in [4.69, 9.17) is 0 Å². The zero-order valence-electron chi connectivity index (χ0n) is 14.1. The highest BCUT2D eigenvalue weighted by molar-refractivity contribution is 7.07. The average molecular weight is 367 g/mol. The van der Waals surface area contributed by atoms with E-state index in [1.165, 1.54) is 6.07 Å². The summed E-state index contributed by atoms with van der Waals surface area (Å²) in [5, 5.41) is 18.4. The molecule has 1 heterocycles. The lowest BCUT2D eigenvalue weighted by Crippen LogP contribution is -2.26. The minimum atomic E-state index is -0.485. The number of rotatable bonds is 6. The number of nitrogens with one attached hydrogen (secondary N) is 1. The number of hydrogen-bond acceptors (Lipinski definition) is 5. The summed E-state index contributed by atoms with van der Waals surface area (Å²) < 4.78 is 0. The van der Waals surface area contributed by atoms with Gasteiger partial charge < -0.3 is 10.2 Å². The lowest BCUT2D eigenvalue weighted by Gasteiger charge is -2.17. The molecule has 0 atom stereocenters. The number of benzene rings is 2. The topological polar surface area (TPSA) is 75.5 Å². The van der Waals surface area contributed by atoms with Crippen molar-refractivity contribution in [1.82, 2.24) is 4.90 Å². The lowest BCUT2D eigenvalue weighted by molar-refractivity contribution is -0.383. The number of nitro groups is 1. The van der Waals surface area contributed by atoms with Gasteiger partial charge in [-0.25, -0.2) is 0 Å². The van der Waals surface area contributed by atoms with Crippen molar-refractivity contribution in [3.8, 4) is 0 Å². The molecule has 1 aromatic heterocycles. The predicted octanol–water partition coefficient (Wildman–Crippen LogP) is 4.67. The fraction of sp³-hybridized carbons (Fsp3) is 0.105. The number of anilines is 2. The first-order valence-electron chi connectivity index (χ1n) is 7.91. The highest BCUT2D eigenvalue weighted by Crippen LogP contribution is 2.29. The Hall–Kier alpha value is -3.19. The third-order valence-electron chi connectivity index (χ3n) is 3.84. The summed E-state index contributed by atoms with van der Waals surface area (Å²) in [5.74, 6) is -0.259. The van der Waals surface area contributed by atoms with Crippen LogP contribution in [0.3, 0.4) is 0 Å². The van der Waals surface area contributed by atoms with E-state index in [1.807, 2.05) is 47.2 Å². The Labute approximate surface area is 154 Å². The molecule has 0 aliphatic carbocycles. The van der Waals surface area contributed by atoms with Crippen LogP contribution in [0.1, 0.15) is 15.9 Å². The van der Waals surface area contributed by atoms with Crippen molar-refractivity contribution in [2.24, 2.45) is 0 Å². The second kappa shape index (κ2) is 7.79. The number of para-hydroxylation sites is 1. The Balaban J connectivity index is 1.83. The van der Waals surface area contributed by atoms with Crippen LogP contribution in [-0.2, 0) is 6.54 Å². The molecule has 3 aromatic rings. The van der Waals surface area contributed by atoms with Crippen molar-refractivity contribution < 1.29 is 9.72 Å². The molecule has 0 unspecified atom stereocenters. The maximum Gasteiger partial charge on any atom is 0.293 e. The van der Waals surface area contributed by atoms with Gasteiger partial charge in [-0.2, -0.15) is 11.3 Å². The smallest absolute Gasteiger partial charge is 0.293 e. The fourth-order valence-electron chi connectivity index (χ4n) is 2.55. The van der Waals surface area contributed by atoms with Crippen LogP contribution in [-0.4, -0.2) is 22.8 Å². The minimum absolute atomic E-state index is 0.136. The molecule has 1 amide bonds. The maximum atomic E-state index is 12.6. The van der Waals surface area contributed by atoms with Crippen molar-refractivity contribution in [2.45, 2.75) is 6.54 Å². The van der Waals surface area contributed by atoms with Crippen LogP contribution in [0, 0.1) is 10.1 Å². The van der Waals surface area contributed by atoms with E-state index in [0.29, 0.717) is 12.2 Å². The average Bonchev–Trinajstić information content (AvgIpc) is 3.15. The number of thiophene rings is 1. The first-order chi connectivity index (χ1) is 12.5. The molecule has 0 radical (unpaired) electrons. The molecular formula is C19H17N3O3S. The van der Waals surface area contributed by atoms with Gasteiger partial charge in [0.05, 0.1) is 4.92 Å². The Kier molecular flexibility index (Phi) is 5.28. The van der Waals surface area contributed by atoms with E-state index in [-0.39, 0.29) is 17.2 Å². The molecule has 26 heavy (non-hydrogen) atoms. The first kappa shape index (κ1) is 17.6. The summed E-state index contributed by atoms with van der Waals surface area (Å²) in [6.07, 6.45) is 0. The summed E-state index contributed by atoms with van der Waals surface area (Å²) in [4.78, 5) is 25.1. The van der Waals surface area contributed by atoms with Crippen LogP contribution in [0.5, 0.6) is 0 Å². The van der Waals surface area contributed by atoms with Crippen molar-refractivity contribution in [2.75, 3.05) is 12.4 Å². The van der Waals surface area contributed by atoms with Crippen molar-refractivity contribution in [3.05, 3.63) is 86.6 Å². The van der Waals surface area contributed by atoms with Gasteiger partial charge in [-0.15, -0.1) is 0 Å². The standard InChI is InChI=1S/C19H17N3O3S/c1-21(12-14-9-10-26-13-14)19(23)15-7-8-17(18(11-15)22(24)25)20-16-5-3-2-4-6-16/h2-11,13,20H,12H2,1H3. The second-order valence-corrected chi connectivity index (χ2v) is 6.55. The molecule has 0 aliphatic heterocycles. The van der Waals surface area contributed by atoms with Gasteiger partial charge >= 0.3 is 0 Å². The molecule has 0 aliphatic rings. The van der Waals surface area contributed by atoms with Gasteiger partial charge in [0.2, 0.25) is 0 Å². The molecule has 0 spiro atoms. The maximum absolute atomic E-state index is 12.6. The molecule has 0 fully saturated rings. The molecule has 132 valence electrons. The summed E-state index contributed by atoms with van der Waals surface area (Å²) in [7, 11) is 1.68. The molecule has 6 nitrogen and oxygen atoms in total. The van der Waals surface area contributed by atoms with Crippen LogP contribution in [0.4, 0.5) is 17.1 Å². The van der Waals surface area contributed by atoms with Gasteiger partial charge in [0.25, 0.3) is 11.6 Å². The molecule has 0 bridgehead atoms. The van der Waals surface area contributed by atoms with Gasteiger partial charge in [0.1, 0.15) is 5.69 Å². The van der Waals surface area contributed by atoms with Gasteiger partial charge in [0, 0.05) is 30.9 Å². The Morgan fingerprint density at radius 3 is 2.62 bits per heavy atom. The SMILES string of the molecule is CN(Cc1ccsc1)C(=O)c1ccc(Nc2ccccc2)c([N+](=O)[O-])c1. The summed E-state index contributed by atoms with van der Waals surface area (Å²) in [6, 6.07) is 15.6. The van der Waals surface area contributed by atoms with E-state index < -0.39 is 4.92 Å². The van der Waals surface area contributed by atoms with E-state index >= 15 is 0 Å². The van der Waals surface area contributed by atoms with E-state index in [2.05, 4.69) is 5.32 Å². The quantitative estimate of drug-likeness (QED) is 0.507. The Bertz CT molecular complexity index is 911. The summed E-state index contributed by atoms with van der Waals surface area (Å²) in [6.45, 7) is 0.458. The van der Waals surface area contributed by atoms with Crippen LogP contribution in [0.2, 0.25) is 0 Å². The zero-order chi connectivity index (χ0) is 18.5. The predicted molar refractivity (Wildman–Crippen MR) is 103 cm³/mol. The molecule has 3 rings (SSSR count). The first-order valence-corrected chi connectivity index (χ1v) is 8.86. The second-order valence-electron chi connectivity index (χ2n) is 5.77. The van der Waals surface area contributed by atoms with Gasteiger partial charge in [-0.1, -0.05) is 18.2 Å². The summed E-state index contributed by atoms with van der Waals surface area (Å²) in [5.41, 5.74) is 2.27. The molecule has 0 saturated carbocycles. The molecule has 7 heteroatoms. The third kappa shape index (κ3) is 4.07. The normalized spacial score (nSPS) is 10.3. The highest BCUT2D eigenvalue weighted by atomic mass is 32.1.